The maximum Gasteiger partial charge on any atom is 0.165 e. The Balaban J connectivity index is 1.73. The number of rotatable bonds is 4. The van der Waals surface area contributed by atoms with Crippen molar-refractivity contribution in [2.45, 2.75) is 0 Å². The molecule has 2 N–H and O–H groups in total. The number of nitrogens with zero attached hydrogens (tertiary/aromatic N) is 4. The van der Waals surface area contributed by atoms with Gasteiger partial charge in [-0.05, 0) is 24.3 Å². The highest BCUT2D eigenvalue weighted by atomic mass is 32.1. The largest absolute Gasteiger partial charge is 0.496 e. The third-order valence-electron chi connectivity index (χ3n) is 3.80. The molecule has 0 aliphatic rings. The van der Waals surface area contributed by atoms with Crippen LogP contribution >= 0.6 is 11.3 Å². The molecule has 0 aliphatic carbocycles. The van der Waals surface area contributed by atoms with Gasteiger partial charge in [0.25, 0.3) is 0 Å². The predicted octanol–water partition coefficient (Wildman–Crippen LogP) is 3.65. The molecular weight excluding hydrogens is 334 g/mol. The highest BCUT2D eigenvalue weighted by molar-refractivity contribution is 7.13. The fourth-order valence-corrected chi connectivity index (χ4v) is 3.37. The number of thiazole rings is 1. The molecule has 2 heterocycles. The first-order valence-electron chi connectivity index (χ1n) is 7.64. The second kappa shape index (κ2) is 6.37. The summed E-state index contributed by atoms with van der Waals surface area (Å²) in [6, 6.07) is 17.4. The van der Waals surface area contributed by atoms with Crippen molar-refractivity contribution in [3.05, 3.63) is 60.0 Å². The summed E-state index contributed by atoms with van der Waals surface area (Å²) in [5, 5.41) is 11.1. The Morgan fingerprint density at radius 3 is 2.60 bits per heavy atom. The Morgan fingerprint density at radius 1 is 1.04 bits per heavy atom. The molecule has 0 bridgehead atoms. The standard InChI is InChI=1S/C18H15N5OS/c1-24-15-10-6-5-9-13(15)14-11-25-18(20-14)16-17(19)23(22-21-16)12-7-3-2-4-8-12/h2-11H,19H2,1H3. The van der Waals surface area contributed by atoms with Gasteiger partial charge in [0, 0.05) is 10.9 Å². The lowest BCUT2D eigenvalue weighted by molar-refractivity contribution is 0.416. The average Bonchev–Trinajstić information content (AvgIpc) is 3.29. The van der Waals surface area contributed by atoms with E-state index >= 15 is 0 Å². The number of hydrogen-bond donors (Lipinski definition) is 1. The lowest BCUT2D eigenvalue weighted by atomic mass is 10.1. The molecule has 4 rings (SSSR count). The third-order valence-corrected chi connectivity index (χ3v) is 4.64. The molecule has 0 fully saturated rings. The van der Waals surface area contributed by atoms with Gasteiger partial charge in [0.15, 0.2) is 11.5 Å². The Morgan fingerprint density at radius 2 is 1.80 bits per heavy atom. The number of nitrogen functional groups attached to an aromatic ring is 1. The highest BCUT2D eigenvalue weighted by Gasteiger charge is 2.17. The highest BCUT2D eigenvalue weighted by Crippen LogP contribution is 2.34. The molecule has 7 heteroatoms. The molecule has 2 aromatic carbocycles. The second-order valence-corrected chi connectivity index (χ2v) is 6.17. The van der Waals surface area contributed by atoms with Crippen LogP contribution in [0.5, 0.6) is 5.75 Å². The van der Waals surface area contributed by atoms with Crippen molar-refractivity contribution < 1.29 is 4.74 Å². The maximum absolute atomic E-state index is 6.25. The van der Waals surface area contributed by atoms with Gasteiger partial charge in [-0.2, -0.15) is 4.68 Å². The van der Waals surface area contributed by atoms with Crippen LogP contribution in [0.2, 0.25) is 0 Å². The van der Waals surface area contributed by atoms with Crippen molar-refractivity contribution in [1.82, 2.24) is 20.0 Å². The molecule has 0 amide bonds. The fourth-order valence-electron chi connectivity index (χ4n) is 2.56. The van der Waals surface area contributed by atoms with Crippen LogP contribution in [0.25, 0.3) is 27.6 Å². The van der Waals surface area contributed by atoms with Gasteiger partial charge in [0.2, 0.25) is 0 Å². The molecule has 6 nitrogen and oxygen atoms in total. The predicted molar refractivity (Wildman–Crippen MR) is 98.9 cm³/mol. The minimum atomic E-state index is 0.465. The number of nitrogens with two attached hydrogens (primary N) is 1. The van der Waals surface area contributed by atoms with Crippen LogP contribution in [0, 0.1) is 0 Å². The van der Waals surface area contributed by atoms with E-state index in [1.165, 1.54) is 11.3 Å². The number of para-hydroxylation sites is 2. The quantitative estimate of drug-likeness (QED) is 0.608. The van der Waals surface area contributed by atoms with Crippen LogP contribution in [0.4, 0.5) is 5.82 Å². The molecule has 0 aliphatic heterocycles. The lowest BCUT2D eigenvalue weighted by Crippen LogP contribution is -2.01. The van der Waals surface area contributed by atoms with Crippen molar-refractivity contribution in [3.63, 3.8) is 0 Å². The normalized spacial score (nSPS) is 10.8. The van der Waals surface area contributed by atoms with Crippen LogP contribution in [0.3, 0.4) is 0 Å². The van der Waals surface area contributed by atoms with Crippen LogP contribution in [-0.2, 0) is 0 Å². The summed E-state index contributed by atoms with van der Waals surface area (Å²) in [5.74, 6) is 1.24. The fraction of sp³-hybridized carbons (Fsp3) is 0.0556. The zero-order chi connectivity index (χ0) is 17.2. The molecule has 0 atom stereocenters. The SMILES string of the molecule is COc1ccccc1-c1csc(-c2nnn(-c3ccccc3)c2N)n1. The van der Waals surface area contributed by atoms with E-state index in [1.54, 1.807) is 11.8 Å². The Kier molecular flexibility index (Phi) is 3.91. The summed E-state index contributed by atoms with van der Waals surface area (Å²) < 4.78 is 7.02. The first-order chi connectivity index (χ1) is 12.3. The molecule has 2 aromatic heterocycles. The number of anilines is 1. The summed E-state index contributed by atoms with van der Waals surface area (Å²) in [6.07, 6.45) is 0. The van der Waals surface area contributed by atoms with Gasteiger partial charge in [-0.3, -0.25) is 0 Å². The average molecular weight is 349 g/mol. The number of hydrogen-bond acceptors (Lipinski definition) is 6. The molecule has 0 unspecified atom stereocenters. The Bertz CT molecular complexity index is 1010. The summed E-state index contributed by atoms with van der Waals surface area (Å²) in [7, 11) is 1.65. The van der Waals surface area contributed by atoms with Crippen molar-refractivity contribution in [2.75, 3.05) is 12.8 Å². The summed E-state index contributed by atoms with van der Waals surface area (Å²) in [4.78, 5) is 4.67. The summed E-state index contributed by atoms with van der Waals surface area (Å²) in [5.41, 5.74) is 9.45. The third kappa shape index (κ3) is 2.74. The van der Waals surface area contributed by atoms with E-state index in [4.69, 9.17) is 10.5 Å². The van der Waals surface area contributed by atoms with E-state index in [9.17, 15) is 0 Å². The van der Waals surface area contributed by atoms with Gasteiger partial charge >= 0.3 is 0 Å². The van der Waals surface area contributed by atoms with Crippen LogP contribution in [0.1, 0.15) is 0 Å². The number of ether oxygens (including phenoxy) is 1. The second-order valence-electron chi connectivity index (χ2n) is 5.31. The monoisotopic (exact) mass is 349 g/mol. The molecular formula is C18H15N5OS. The molecule has 0 spiro atoms. The minimum absolute atomic E-state index is 0.465. The summed E-state index contributed by atoms with van der Waals surface area (Å²) in [6.45, 7) is 0. The van der Waals surface area contributed by atoms with Crippen molar-refractivity contribution in [2.24, 2.45) is 0 Å². The number of benzene rings is 2. The van der Waals surface area contributed by atoms with Crippen molar-refractivity contribution in [1.29, 1.82) is 0 Å². The van der Waals surface area contributed by atoms with Gasteiger partial charge < -0.3 is 10.5 Å². The first-order valence-corrected chi connectivity index (χ1v) is 8.52. The van der Waals surface area contributed by atoms with Crippen molar-refractivity contribution >= 4 is 17.2 Å². The van der Waals surface area contributed by atoms with E-state index < -0.39 is 0 Å². The van der Waals surface area contributed by atoms with Crippen LogP contribution in [-0.4, -0.2) is 27.1 Å². The minimum Gasteiger partial charge on any atom is -0.496 e. The zero-order valence-corrected chi connectivity index (χ0v) is 14.3. The van der Waals surface area contributed by atoms with Gasteiger partial charge in [-0.15, -0.1) is 16.4 Å². The van der Waals surface area contributed by atoms with Gasteiger partial charge in [0.1, 0.15) is 10.8 Å². The van der Waals surface area contributed by atoms with Crippen LogP contribution in [0.15, 0.2) is 60.0 Å². The van der Waals surface area contributed by atoms with E-state index in [0.29, 0.717) is 11.5 Å². The van der Waals surface area contributed by atoms with Crippen LogP contribution < -0.4 is 10.5 Å². The smallest absolute Gasteiger partial charge is 0.165 e. The molecule has 0 saturated carbocycles. The van der Waals surface area contributed by atoms with E-state index in [-0.39, 0.29) is 0 Å². The molecule has 25 heavy (non-hydrogen) atoms. The molecule has 124 valence electrons. The number of aromatic nitrogens is 4. The van der Waals surface area contributed by atoms with Crippen molar-refractivity contribution in [3.8, 4) is 33.4 Å². The lowest BCUT2D eigenvalue weighted by Gasteiger charge is -2.04. The van der Waals surface area contributed by atoms with E-state index in [2.05, 4.69) is 15.3 Å². The van der Waals surface area contributed by atoms with Gasteiger partial charge in [-0.1, -0.05) is 35.5 Å². The maximum atomic E-state index is 6.25. The zero-order valence-electron chi connectivity index (χ0n) is 13.5. The number of methoxy groups -OCH3 is 1. The molecule has 4 aromatic rings. The Hall–Kier alpha value is -3.19. The molecule has 0 saturated heterocycles. The van der Waals surface area contributed by atoms with E-state index in [1.807, 2.05) is 60.0 Å². The molecule has 0 radical (unpaired) electrons. The first kappa shape index (κ1) is 15.3. The topological polar surface area (TPSA) is 78.9 Å². The van der Waals surface area contributed by atoms with Gasteiger partial charge in [-0.25, -0.2) is 4.98 Å². The van der Waals surface area contributed by atoms with Gasteiger partial charge in [0.05, 0.1) is 18.5 Å². The summed E-state index contributed by atoms with van der Waals surface area (Å²) >= 11 is 1.48. The van der Waals surface area contributed by atoms with E-state index in [0.717, 1.165) is 27.7 Å². The Labute approximate surface area is 148 Å².